The summed E-state index contributed by atoms with van der Waals surface area (Å²) in [5.74, 6) is 0.272. The second kappa shape index (κ2) is 9.99. The molecule has 3 rings (SSSR count). The molecule has 1 saturated heterocycles. The number of pyridine rings is 1. The number of nitrogens with zero attached hydrogens (tertiary/aromatic N) is 3. The van der Waals surface area contributed by atoms with E-state index in [1.807, 2.05) is 17.9 Å². The standard InChI is InChI=1S/C22H27ClFN3O/c1-2-27(22(28)19-8-10-25-21(23)14-19)16-18-6-4-11-26(15-18)12-9-17-5-3-7-20(24)13-17/h3,5,7-8,10,13-14,18H,2,4,6,9,11-12,15-16H2,1H3/t18-/m1/s1. The maximum absolute atomic E-state index is 13.4. The van der Waals surface area contributed by atoms with Gasteiger partial charge in [0, 0.05) is 37.9 Å². The van der Waals surface area contributed by atoms with Crippen LogP contribution < -0.4 is 0 Å². The van der Waals surface area contributed by atoms with E-state index in [1.165, 1.54) is 6.07 Å². The molecule has 0 bridgehead atoms. The maximum atomic E-state index is 13.4. The third-order valence-electron chi connectivity index (χ3n) is 5.33. The summed E-state index contributed by atoms with van der Waals surface area (Å²) >= 11 is 5.93. The predicted octanol–water partition coefficient (Wildman–Crippen LogP) is 4.29. The molecule has 1 aromatic heterocycles. The van der Waals surface area contributed by atoms with Crippen LogP contribution in [0.1, 0.15) is 35.7 Å². The number of rotatable bonds is 7. The van der Waals surface area contributed by atoms with Gasteiger partial charge in [0.2, 0.25) is 0 Å². The summed E-state index contributed by atoms with van der Waals surface area (Å²) in [4.78, 5) is 21.1. The topological polar surface area (TPSA) is 36.4 Å². The Morgan fingerprint density at radius 3 is 2.96 bits per heavy atom. The van der Waals surface area contributed by atoms with E-state index in [-0.39, 0.29) is 11.7 Å². The van der Waals surface area contributed by atoms with Crippen LogP contribution in [0.25, 0.3) is 0 Å². The number of benzene rings is 1. The van der Waals surface area contributed by atoms with Crippen LogP contribution in [0, 0.1) is 11.7 Å². The van der Waals surface area contributed by atoms with Gasteiger partial charge in [-0.05, 0) is 68.5 Å². The Kier molecular flexibility index (Phi) is 7.40. The highest BCUT2D eigenvalue weighted by atomic mass is 35.5. The number of amides is 1. The summed E-state index contributed by atoms with van der Waals surface area (Å²) in [5, 5.41) is 0.336. The average molecular weight is 404 g/mol. The quantitative estimate of drug-likeness (QED) is 0.647. The minimum Gasteiger partial charge on any atom is -0.339 e. The number of aromatic nitrogens is 1. The van der Waals surface area contributed by atoms with E-state index in [9.17, 15) is 9.18 Å². The van der Waals surface area contributed by atoms with Gasteiger partial charge in [-0.15, -0.1) is 0 Å². The molecule has 1 fully saturated rings. The van der Waals surface area contributed by atoms with Gasteiger partial charge in [-0.1, -0.05) is 23.7 Å². The van der Waals surface area contributed by atoms with Crippen LogP contribution in [0.4, 0.5) is 4.39 Å². The summed E-state index contributed by atoms with van der Waals surface area (Å²) in [6.45, 7) is 6.36. The van der Waals surface area contributed by atoms with E-state index >= 15 is 0 Å². The van der Waals surface area contributed by atoms with Crippen molar-refractivity contribution in [1.29, 1.82) is 0 Å². The molecule has 0 spiro atoms. The summed E-state index contributed by atoms with van der Waals surface area (Å²) in [6.07, 6.45) is 4.66. The van der Waals surface area contributed by atoms with Crippen LogP contribution in [-0.4, -0.2) is 53.4 Å². The molecule has 0 radical (unpaired) electrons. The molecule has 0 unspecified atom stereocenters. The number of carbonyl (C=O) groups is 1. The zero-order valence-corrected chi connectivity index (χ0v) is 17.0. The lowest BCUT2D eigenvalue weighted by atomic mass is 9.96. The summed E-state index contributed by atoms with van der Waals surface area (Å²) < 4.78 is 13.4. The second-order valence-corrected chi connectivity index (χ2v) is 7.79. The van der Waals surface area contributed by atoms with Crippen molar-refractivity contribution in [3.63, 3.8) is 0 Å². The number of hydrogen-bond acceptors (Lipinski definition) is 3. The molecule has 2 heterocycles. The molecule has 0 N–H and O–H groups in total. The van der Waals surface area contributed by atoms with Crippen molar-refractivity contribution in [1.82, 2.24) is 14.8 Å². The number of likely N-dealkylation sites (tertiary alicyclic amines) is 1. The van der Waals surface area contributed by atoms with Crippen molar-refractivity contribution in [2.45, 2.75) is 26.2 Å². The molecule has 1 aliphatic rings. The minimum atomic E-state index is -0.178. The van der Waals surface area contributed by atoms with Crippen molar-refractivity contribution in [2.24, 2.45) is 5.92 Å². The van der Waals surface area contributed by atoms with Gasteiger partial charge in [-0.2, -0.15) is 0 Å². The van der Waals surface area contributed by atoms with Gasteiger partial charge in [0.05, 0.1) is 0 Å². The molecule has 150 valence electrons. The lowest BCUT2D eigenvalue weighted by Crippen LogP contribution is -2.43. The van der Waals surface area contributed by atoms with Crippen molar-refractivity contribution in [3.05, 3.63) is 64.7 Å². The normalized spacial score (nSPS) is 17.5. The van der Waals surface area contributed by atoms with Crippen LogP contribution in [0.5, 0.6) is 0 Å². The SMILES string of the molecule is CCN(C[C@@H]1CCCN(CCc2cccc(F)c2)C1)C(=O)c1ccnc(Cl)c1. The van der Waals surface area contributed by atoms with Gasteiger partial charge in [0.15, 0.2) is 0 Å². The summed E-state index contributed by atoms with van der Waals surface area (Å²) in [7, 11) is 0. The lowest BCUT2D eigenvalue weighted by molar-refractivity contribution is 0.0690. The van der Waals surface area contributed by atoms with Gasteiger partial charge in [-0.25, -0.2) is 9.37 Å². The Morgan fingerprint density at radius 2 is 2.21 bits per heavy atom. The minimum absolute atomic E-state index is 0.00341. The molecule has 1 aromatic carbocycles. The molecule has 1 atom stereocenters. The first-order valence-corrected chi connectivity index (χ1v) is 10.3. The molecule has 28 heavy (non-hydrogen) atoms. The van der Waals surface area contributed by atoms with Gasteiger partial charge in [-0.3, -0.25) is 4.79 Å². The average Bonchev–Trinajstić information content (AvgIpc) is 2.70. The van der Waals surface area contributed by atoms with Crippen molar-refractivity contribution in [3.8, 4) is 0 Å². The van der Waals surface area contributed by atoms with Gasteiger partial charge >= 0.3 is 0 Å². The second-order valence-electron chi connectivity index (χ2n) is 7.40. The number of carbonyl (C=O) groups excluding carboxylic acids is 1. The molecule has 4 nitrogen and oxygen atoms in total. The number of halogens is 2. The molecular weight excluding hydrogens is 377 g/mol. The zero-order chi connectivity index (χ0) is 19.9. The molecule has 0 saturated carbocycles. The van der Waals surface area contributed by atoms with E-state index in [1.54, 1.807) is 30.5 Å². The van der Waals surface area contributed by atoms with Crippen molar-refractivity contribution < 1.29 is 9.18 Å². The predicted molar refractivity (Wildman–Crippen MR) is 110 cm³/mol. The smallest absolute Gasteiger partial charge is 0.254 e. The van der Waals surface area contributed by atoms with Crippen LogP contribution in [0.3, 0.4) is 0 Å². The summed E-state index contributed by atoms with van der Waals surface area (Å²) in [6, 6.07) is 10.2. The first kappa shape index (κ1) is 20.7. The van der Waals surface area contributed by atoms with Gasteiger partial charge < -0.3 is 9.80 Å². The fraction of sp³-hybridized carbons (Fsp3) is 0.455. The molecule has 0 aliphatic carbocycles. The first-order chi connectivity index (χ1) is 13.5. The maximum Gasteiger partial charge on any atom is 0.254 e. The van der Waals surface area contributed by atoms with Crippen LogP contribution >= 0.6 is 11.6 Å². The van der Waals surface area contributed by atoms with Crippen LogP contribution in [0.2, 0.25) is 5.15 Å². The highest BCUT2D eigenvalue weighted by Crippen LogP contribution is 2.20. The zero-order valence-electron chi connectivity index (χ0n) is 16.3. The molecular formula is C22H27ClFN3O. The van der Waals surface area contributed by atoms with E-state index in [4.69, 9.17) is 11.6 Å². The fourth-order valence-electron chi connectivity index (χ4n) is 3.87. The van der Waals surface area contributed by atoms with Crippen molar-refractivity contribution in [2.75, 3.05) is 32.7 Å². The lowest BCUT2D eigenvalue weighted by Gasteiger charge is -2.35. The Labute approximate surface area is 171 Å². The summed E-state index contributed by atoms with van der Waals surface area (Å²) in [5.41, 5.74) is 1.61. The number of hydrogen-bond donors (Lipinski definition) is 0. The van der Waals surface area contributed by atoms with Gasteiger partial charge in [0.25, 0.3) is 5.91 Å². The van der Waals surface area contributed by atoms with E-state index in [0.717, 1.165) is 51.0 Å². The number of piperidine rings is 1. The largest absolute Gasteiger partial charge is 0.339 e. The Morgan fingerprint density at radius 1 is 1.36 bits per heavy atom. The van der Waals surface area contributed by atoms with E-state index in [0.29, 0.717) is 23.2 Å². The van der Waals surface area contributed by atoms with Crippen LogP contribution in [0.15, 0.2) is 42.6 Å². The monoisotopic (exact) mass is 403 g/mol. The van der Waals surface area contributed by atoms with Crippen molar-refractivity contribution >= 4 is 17.5 Å². The molecule has 1 aliphatic heterocycles. The third-order valence-corrected chi connectivity index (χ3v) is 5.54. The van der Waals surface area contributed by atoms with E-state index in [2.05, 4.69) is 9.88 Å². The molecule has 2 aromatic rings. The highest BCUT2D eigenvalue weighted by Gasteiger charge is 2.24. The Bertz CT molecular complexity index is 801. The highest BCUT2D eigenvalue weighted by molar-refractivity contribution is 6.29. The molecule has 1 amide bonds. The fourth-order valence-corrected chi connectivity index (χ4v) is 4.04. The first-order valence-electron chi connectivity index (χ1n) is 9.92. The van der Waals surface area contributed by atoms with Gasteiger partial charge in [0.1, 0.15) is 11.0 Å². The molecule has 6 heteroatoms. The Balaban J connectivity index is 1.54. The Hall–Kier alpha value is -1.98. The van der Waals surface area contributed by atoms with Crippen LogP contribution in [-0.2, 0) is 6.42 Å². The third kappa shape index (κ3) is 5.76. The van der Waals surface area contributed by atoms with E-state index < -0.39 is 0 Å².